The Labute approximate surface area is 200 Å². The lowest BCUT2D eigenvalue weighted by Crippen LogP contribution is -2.54. The van der Waals surface area contributed by atoms with Crippen LogP contribution in [-0.4, -0.2) is 47.3 Å². The second kappa shape index (κ2) is 11.4. The Bertz CT molecular complexity index is 954. The number of ketones is 1. The van der Waals surface area contributed by atoms with Crippen molar-refractivity contribution in [2.24, 2.45) is 22.2 Å². The van der Waals surface area contributed by atoms with Gasteiger partial charge in [0.15, 0.2) is 0 Å². The van der Waals surface area contributed by atoms with Gasteiger partial charge >= 0.3 is 11.9 Å². The van der Waals surface area contributed by atoms with Crippen LogP contribution in [0.3, 0.4) is 0 Å². The van der Waals surface area contributed by atoms with E-state index in [0.29, 0.717) is 43.4 Å². The summed E-state index contributed by atoms with van der Waals surface area (Å²) >= 11 is 0. The maximum absolute atomic E-state index is 13.3. The van der Waals surface area contributed by atoms with Gasteiger partial charge in [0.05, 0.1) is 6.21 Å². The van der Waals surface area contributed by atoms with Gasteiger partial charge in [-0.2, -0.15) is 0 Å². The van der Waals surface area contributed by atoms with Gasteiger partial charge in [0, 0.05) is 41.9 Å². The highest BCUT2D eigenvalue weighted by molar-refractivity contribution is 5.92. The van der Waals surface area contributed by atoms with Crippen LogP contribution in [0.1, 0.15) is 69.6 Å². The molecule has 4 N–H and O–H groups in total. The van der Waals surface area contributed by atoms with E-state index in [1.165, 1.54) is 16.7 Å². The summed E-state index contributed by atoms with van der Waals surface area (Å²) in [5, 5.41) is 19.8. The minimum Gasteiger partial charge on any atom is -0.478 e. The quantitative estimate of drug-likeness (QED) is 0.238. The van der Waals surface area contributed by atoms with Gasteiger partial charge in [-0.25, -0.2) is 9.59 Å². The molecule has 0 heterocycles. The molecule has 1 unspecified atom stereocenters. The number of carboxylic acids is 2. The highest BCUT2D eigenvalue weighted by Crippen LogP contribution is 2.55. The van der Waals surface area contributed by atoms with Crippen LogP contribution in [0.15, 0.2) is 35.5 Å². The molecule has 2 aliphatic carbocycles. The molecule has 8 nitrogen and oxygen atoms in total. The van der Waals surface area contributed by atoms with Crippen molar-refractivity contribution in [3.05, 3.63) is 47.0 Å². The highest BCUT2D eigenvalue weighted by Gasteiger charge is 2.55. The van der Waals surface area contributed by atoms with Crippen molar-refractivity contribution >= 4 is 23.9 Å². The zero-order chi connectivity index (χ0) is 25.5. The molecule has 1 aromatic rings. The number of fused-ring (bicyclic) bond motifs is 3. The average molecular weight is 473 g/mol. The Morgan fingerprint density at radius 3 is 2.41 bits per heavy atom. The number of rotatable bonds is 7. The number of nitrogens with two attached hydrogens (primary N) is 1. The van der Waals surface area contributed by atoms with Gasteiger partial charge in [0.2, 0.25) is 0 Å². The first-order chi connectivity index (χ1) is 15.9. The van der Waals surface area contributed by atoms with Crippen LogP contribution in [-0.2, 0) is 31.1 Å². The Hall–Kier alpha value is -3.00. The maximum Gasteiger partial charge on any atom is 0.328 e. The summed E-state index contributed by atoms with van der Waals surface area (Å²) in [6.07, 6.45) is 6.62. The topological polar surface area (TPSA) is 139 Å². The van der Waals surface area contributed by atoms with Gasteiger partial charge in [-0.15, -0.1) is 0 Å². The summed E-state index contributed by atoms with van der Waals surface area (Å²) in [7, 11) is 0. The summed E-state index contributed by atoms with van der Waals surface area (Å²) in [5.74, 6) is -1.75. The summed E-state index contributed by atoms with van der Waals surface area (Å²) in [6, 6.07) is 6.77. The number of carboxylic acid groups (broad SMARTS) is 2. The van der Waals surface area contributed by atoms with E-state index >= 15 is 0 Å². The highest BCUT2D eigenvalue weighted by atomic mass is 16.6. The minimum absolute atomic E-state index is 0.0497. The molecule has 3 rings (SSSR count). The number of hydrogen-bond acceptors (Lipinski definition) is 6. The van der Waals surface area contributed by atoms with Crippen molar-refractivity contribution in [1.82, 2.24) is 0 Å². The lowest BCUT2D eigenvalue weighted by molar-refractivity contribution is -0.134. The first-order valence-corrected chi connectivity index (χ1v) is 11.6. The van der Waals surface area contributed by atoms with Crippen molar-refractivity contribution in [3.63, 3.8) is 0 Å². The first-order valence-electron chi connectivity index (χ1n) is 11.6. The second-order valence-electron chi connectivity index (χ2n) is 9.79. The van der Waals surface area contributed by atoms with E-state index in [1.54, 1.807) is 0 Å². The molecule has 8 heteroatoms. The fourth-order valence-electron chi connectivity index (χ4n) is 5.38. The lowest BCUT2D eigenvalue weighted by Gasteiger charge is -2.52. The molecular formula is C26H36N2O6. The van der Waals surface area contributed by atoms with E-state index in [1.807, 2.05) is 6.21 Å². The van der Waals surface area contributed by atoms with Gasteiger partial charge in [-0.3, -0.25) is 4.79 Å². The molecule has 0 amide bonds. The predicted molar refractivity (Wildman–Crippen MR) is 130 cm³/mol. The normalized spacial score (nSPS) is 26.1. The molecule has 3 atom stereocenters. The number of nitrogens with zero attached hydrogens (tertiary/aromatic N) is 1. The summed E-state index contributed by atoms with van der Waals surface area (Å²) in [5.41, 5.74) is 8.95. The SMILES string of the molecule is CC(C)c1ccc2c(c1)CC(=O)C1[C@@](C)(/C=N/OCCN)CCC[C@]21C.O=C(O)/C=C/C(=O)O. The zero-order valence-electron chi connectivity index (χ0n) is 20.4. The Balaban J connectivity index is 0.000000440. The third kappa shape index (κ3) is 6.32. The van der Waals surface area contributed by atoms with Crippen molar-refractivity contribution in [2.75, 3.05) is 13.2 Å². The number of benzene rings is 1. The third-order valence-electron chi connectivity index (χ3n) is 6.81. The number of oxime groups is 1. The molecule has 1 saturated carbocycles. The van der Waals surface area contributed by atoms with Gasteiger partial charge < -0.3 is 20.8 Å². The Morgan fingerprint density at radius 1 is 1.21 bits per heavy atom. The molecule has 2 aliphatic rings. The summed E-state index contributed by atoms with van der Waals surface area (Å²) in [4.78, 5) is 37.6. The lowest BCUT2D eigenvalue weighted by atomic mass is 9.49. The number of carbonyl (C=O) groups is 3. The molecule has 1 fully saturated rings. The summed E-state index contributed by atoms with van der Waals surface area (Å²) < 4.78 is 0. The second-order valence-corrected chi connectivity index (χ2v) is 9.79. The molecule has 0 aliphatic heterocycles. The van der Waals surface area contributed by atoms with Crippen LogP contribution in [0.25, 0.3) is 0 Å². The molecular weight excluding hydrogens is 436 g/mol. The van der Waals surface area contributed by atoms with E-state index in [0.717, 1.165) is 19.3 Å². The van der Waals surface area contributed by atoms with E-state index in [2.05, 4.69) is 51.0 Å². The molecule has 186 valence electrons. The van der Waals surface area contributed by atoms with Gasteiger partial charge in [-0.05, 0) is 35.4 Å². The smallest absolute Gasteiger partial charge is 0.328 e. The monoisotopic (exact) mass is 472 g/mol. The number of carbonyl (C=O) groups excluding carboxylic acids is 1. The van der Waals surface area contributed by atoms with Crippen LogP contribution in [0.4, 0.5) is 0 Å². The minimum atomic E-state index is -1.26. The maximum atomic E-state index is 13.3. The number of hydrogen-bond donors (Lipinski definition) is 3. The molecule has 34 heavy (non-hydrogen) atoms. The van der Waals surface area contributed by atoms with Crippen LogP contribution < -0.4 is 5.73 Å². The van der Waals surface area contributed by atoms with Crippen molar-refractivity contribution in [2.45, 2.75) is 64.7 Å². The van der Waals surface area contributed by atoms with Crippen LogP contribution in [0.5, 0.6) is 0 Å². The van der Waals surface area contributed by atoms with E-state index in [4.69, 9.17) is 20.8 Å². The van der Waals surface area contributed by atoms with Crippen LogP contribution in [0.2, 0.25) is 0 Å². The molecule has 0 spiro atoms. The molecule has 0 aromatic heterocycles. The van der Waals surface area contributed by atoms with E-state index < -0.39 is 11.9 Å². The zero-order valence-corrected chi connectivity index (χ0v) is 20.4. The fourth-order valence-corrected chi connectivity index (χ4v) is 5.38. The van der Waals surface area contributed by atoms with Crippen molar-refractivity contribution < 1.29 is 29.4 Å². The average Bonchev–Trinajstić information content (AvgIpc) is 2.75. The Morgan fingerprint density at radius 2 is 1.85 bits per heavy atom. The largest absolute Gasteiger partial charge is 0.478 e. The summed E-state index contributed by atoms with van der Waals surface area (Å²) in [6.45, 7) is 9.69. The first kappa shape index (κ1) is 27.2. The van der Waals surface area contributed by atoms with Crippen LogP contribution in [0, 0.1) is 11.3 Å². The molecule has 0 radical (unpaired) electrons. The molecule has 1 aromatic carbocycles. The van der Waals surface area contributed by atoms with Crippen molar-refractivity contribution in [1.29, 1.82) is 0 Å². The number of aliphatic carboxylic acids is 2. The van der Waals surface area contributed by atoms with E-state index in [-0.39, 0.29) is 16.7 Å². The van der Waals surface area contributed by atoms with Gasteiger partial charge in [-0.1, -0.05) is 57.5 Å². The van der Waals surface area contributed by atoms with E-state index in [9.17, 15) is 14.4 Å². The van der Waals surface area contributed by atoms with Gasteiger partial charge in [0.25, 0.3) is 0 Å². The van der Waals surface area contributed by atoms with Crippen molar-refractivity contribution in [3.8, 4) is 0 Å². The van der Waals surface area contributed by atoms with Crippen LogP contribution >= 0.6 is 0 Å². The van der Waals surface area contributed by atoms with Gasteiger partial charge in [0.1, 0.15) is 12.4 Å². The predicted octanol–water partition coefficient (Wildman–Crippen LogP) is 3.67. The standard InChI is InChI=1S/C22H32N2O2.C4H4O4/c1-15(2)16-6-7-18-17(12-16)13-19(25)20-21(3,14-24-26-11-10-23)8-5-9-22(18,20)4;5-3(6)1-2-4(7)8/h6-7,12,14-15,20H,5,8-11,13,23H2,1-4H3;1-2H,(H,5,6)(H,7,8)/b24-14+;2-1+/t20?,21-,22-;/m1./s1. The third-order valence-corrected chi connectivity index (χ3v) is 6.81. The molecule has 0 saturated heterocycles. The number of Topliss-reactive ketones (excluding diaryl/α,β-unsaturated/α-hetero) is 1. The molecule has 0 bridgehead atoms. The Kier molecular flexibility index (Phi) is 9.15. The fraction of sp³-hybridized carbons (Fsp3) is 0.538.